The number of nitrogens with two attached hydrogens (primary N) is 1. The van der Waals surface area contributed by atoms with E-state index in [0.717, 1.165) is 5.56 Å². The first-order chi connectivity index (χ1) is 7.95. The fourth-order valence-corrected chi connectivity index (χ4v) is 1.88. The standard InChI is InChI=1S/C12H16Cl2N2O/c1-3-16(12(17)8(2)15)7-9-6-10(13)4-5-11(9)14/h4-6,8H,3,7,15H2,1-2H3. The van der Waals surface area contributed by atoms with Crippen molar-refractivity contribution in [1.29, 1.82) is 0 Å². The summed E-state index contributed by atoms with van der Waals surface area (Å²) in [5.74, 6) is -0.0939. The topological polar surface area (TPSA) is 46.3 Å². The summed E-state index contributed by atoms with van der Waals surface area (Å²) in [6.45, 7) is 4.59. The molecule has 0 aliphatic heterocycles. The number of rotatable bonds is 4. The second-order valence-electron chi connectivity index (χ2n) is 3.88. The van der Waals surface area contributed by atoms with Gasteiger partial charge in [-0.1, -0.05) is 23.2 Å². The molecule has 0 aromatic heterocycles. The summed E-state index contributed by atoms with van der Waals surface area (Å²) in [5.41, 5.74) is 6.41. The lowest BCUT2D eigenvalue weighted by Crippen LogP contribution is -2.41. The largest absolute Gasteiger partial charge is 0.337 e. The van der Waals surface area contributed by atoms with Gasteiger partial charge in [-0.2, -0.15) is 0 Å². The molecule has 17 heavy (non-hydrogen) atoms. The normalized spacial score (nSPS) is 12.3. The number of hydrogen-bond donors (Lipinski definition) is 1. The molecule has 2 N–H and O–H groups in total. The van der Waals surface area contributed by atoms with Crippen LogP contribution in [0.25, 0.3) is 0 Å². The highest BCUT2D eigenvalue weighted by Gasteiger charge is 2.17. The lowest BCUT2D eigenvalue weighted by atomic mass is 10.2. The van der Waals surface area contributed by atoms with Gasteiger partial charge in [-0.15, -0.1) is 0 Å². The molecule has 0 bridgehead atoms. The molecule has 3 nitrogen and oxygen atoms in total. The number of carbonyl (C=O) groups excluding carboxylic acids is 1. The monoisotopic (exact) mass is 274 g/mol. The van der Waals surface area contributed by atoms with E-state index in [1.807, 2.05) is 6.92 Å². The maximum atomic E-state index is 11.8. The molecule has 0 saturated carbocycles. The third-order valence-corrected chi connectivity index (χ3v) is 3.06. The molecule has 0 radical (unpaired) electrons. The zero-order chi connectivity index (χ0) is 13.0. The maximum absolute atomic E-state index is 11.8. The molecule has 1 rings (SSSR count). The molecule has 1 aromatic carbocycles. The number of likely N-dealkylation sites (N-methyl/N-ethyl adjacent to an activating group) is 1. The van der Waals surface area contributed by atoms with Crippen molar-refractivity contribution in [2.45, 2.75) is 26.4 Å². The number of hydrogen-bond acceptors (Lipinski definition) is 2. The van der Waals surface area contributed by atoms with Gasteiger partial charge in [-0.05, 0) is 37.6 Å². The van der Waals surface area contributed by atoms with Crippen LogP contribution < -0.4 is 5.73 Å². The Hall–Kier alpha value is -0.770. The zero-order valence-corrected chi connectivity index (χ0v) is 11.4. The first-order valence-corrected chi connectivity index (χ1v) is 6.19. The quantitative estimate of drug-likeness (QED) is 0.918. The first kappa shape index (κ1) is 14.3. The predicted octanol–water partition coefficient (Wildman–Crippen LogP) is 2.69. The van der Waals surface area contributed by atoms with E-state index in [-0.39, 0.29) is 5.91 Å². The van der Waals surface area contributed by atoms with E-state index in [1.54, 1.807) is 30.0 Å². The average molecular weight is 275 g/mol. The summed E-state index contributed by atoms with van der Waals surface area (Å²) >= 11 is 12.0. The molecule has 0 fully saturated rings. The van der Waals surface area contributed by atoms with Crippen LogP contribution in [0, 0.1) is 0 Å². The second-order valence-corrected chi connectivity index (χ2v) is 4.72. The lowest BCUT2D eigenvalue weighted by molar-refractivity contribution is -0.132. The average Bonchev–Trinajstić information content (AvgIpc) is 2.29. The van der Waals surface area contributed by atoms with Crippen LogP contribution in [0.5, 0.6) is 0 Å². The van der Waals surface area contributed by atoms with Gasteiger partial charge in [-0.3, -0.25) is 4.79 Å². The molecule has 0 spiro atoms. The van der Waals surface area contributed by atoms with Gasteiger partial charge in [0.1, 0.15) is 0 Å². The Morgan fingerprint density at radius 2 is 2.12 bits per heavy atom. The van der Waals surface area contributed by atoms with Crippen LogP contribution in [-0.4, -0.2) is 23.4 Å². The number of carbonyl (C=O) groups is 1. The first-order valence-electron chi connectivity index (χ1n) is 5.44. The van der Waals surface area contributed by atoms with Crippen LogP contribution in [0.1, 0.15) is 19.4 Å². The molecular formula is C12H16Cl2N2O. The molecular weight excluding hydrogens is 259 g/mol. The van der Waals surface area contributed by atoms with Crippen LogP contribution in [0.2, 0.25) is 10.0 Å². The highest BCUT2D eigenvalue weighted by atomic mass is 35.5. The van der Waals surface area contributed by atoms with Crippen LogP contribution in [0.4, 0.5) is 0 Å². The van der Waals surface area contributed by atoms with Gasteiger partial charge in [0.2, 0.25) is 5.91 Å². The van der Waals surface area contributed by atoms with Gasteiger partial charge in [0, 0.05) is 23.1 Å². The van der Waals surface area contributed by atoms with Gasteiger partial charge in [0.15, 0.2) is 0 Å². The summed E-state index contributed by atoms with van der Waals surface area (Å²) in [6.07, 6.45) is 0. The minimum absolute atomic E-state index is 0.0939. The molecule has 1 atom stereocenters. The van der Waals surface area contributed by atoms with Crippen molar-refractivity contribution >= 4 is 29.1 Å². The Morgan fingerprint density at radius 3 is 2.65 bits per heavy atom. The van der Waals surface area contributed by atoms with E-state index in [1.165, 1.54) is 0 Å². The predicted molar refractivity (Wildman–Crippen MR) is 71.2 cm³/mol. The van der Waals surface area contributed by atoms with Gasteiger partial charge in [0.25, 0.3) is 0 Å². The summed E-state index contributed by atoms with van der Waals surface area (Å²) < 4.78 is 0. The lowest BCUT2D eigenvalue weighted by Gasteiger charge is -2.23. The summed E-state index contributed by atoms with van der Waals surface area (Å²) in [7, 11) is 0. The van der Waals surface area contributed by atoms with Crippen LogP contribution in [0.3, 0.4) is 0 Å². The van der Waals surface area contributed by atoms with Crippen LogP contribution in [-0.2, 0) is 11.3 Å². The third-order valence-electron chi connectivity index (χ3n) is 2.45. The van der Waals surface area contributed by atoms with Gasteiger partial charge < -0.3 is 10.6 Å². The van der Waals surface area contributed by atoms with Crippen molar-refractivity contribution < 1.29 is 4.79 Å². The van der Waals surface area contributed by atoms with E-state index in [4.69, 9.17) is 28.9 Å². The van der Waals surface area contributed by atoms with Gasteiger partial charge in [-0.25, -0.2) is 0 Å². The molecule has 5 heteroatoms. The molecule has 94 valence electrons. The molecule has 0 heterocycles. The summed E-state index contributed by atoms with van der Waals surface area (Å²) in [4.78, 5) is 13.5. The van der Waals surface area contributed by atoms with Gasteiger partial charge in [0.05, 0.1) is 6.04 Å². The van der Waals surface area contributed by atoms with E-state index in [2.05, 4.69) is 0 Å². The molecule has 1 aromatic rings. The molecule has 0 aliphatic rings. The number of amides is 1. The fraction of sp³-hybridized carbons (Fsp3) is 0.417. The van der Waals surface area contributed by atoms with Crippen molar-refractivity contribution in [3.8, 4) is 0 Å². The minimum atomic E-state index is -0.507. The number of halogens is 2. The van der Waals surface area contributed by atoms with Crippen molar-refractivity contribution in [1.82, 2.24) is 4.90 Å². The van der Waals surface area contributed by atoms with Crippen molar-refractivity contribution in [2.75, 3.05) is 6.54 Å². The highest BCUT2D eigenvalue weighted by molar-refractivity contribution is 6.33. The fourth-order valence-electron chi connectivity index (χ4n) is 1.50. The Labute approximate surface area is 111 Å². The van der Waals surface area contributed by atoms with E-state index < -0.39 is 6.04 Å². The van der Waals surface area contributed by atoms with Gasteiger partial charge >= 0.3 is 0 Å². The molecule has 0 aliphatic carbocycles. The second kappa shape index (κ2) is 6.24. The third kappa shape index (κ3) is 3.87. The Bertz CT molecular complexity index is 407. The minimum Gasteiger partial charge on any atom is -0.337 e. The highest BCUT2D eigenvalue weighted by Crippen LogP contribution is 2.22. The summed E-state index contributed by atoms with van der Waals surface area (Å²) in [6, 6.07) is 4.70. The van der Waals surface area contributed by atoms with Crippen molar-refractivity contribution in [2.24, 2.45) is 5.73 Å². The molecule has 1 unspecified atom stereocenters. The zero-order valence-electron chi connectivity index (χ0n) is 9.91. The Balaban J connectivity index is 2.87. The number of benzene rings is 1. The Kier molecular flexibility index (Phi) is 5.25. The van der Waals surface area contributed by atoms with Crippen LogP contribution in [0.15, 0.2) is 18.2 Å². The van der Waals surface area contributed by atoms with E-state index in [9.17, 15) is 4.79 Å². The van der Waals surface area contributed by atoms with Crippen molar-refractivity contribution in [3.05, 3.63) is 33.8 Å². The maximum Gasteiger partial charge on any atom is 0.239 e. The molecule has 1 amide bonds. The Morgan fingerprint density at radius 1 is 1.47 bits per heavy atom. The smallest absolute Gasteiger partial charge is 0.239 e. The van der Waals surface area contributed by atoms with E-state index >= 15 is 0 Å². The van der Waals surface area contributed by atoms with Crippen LogP contribution >= 0.6 is 23.2 Å². The SMILES string of the molecule is CCN(Cc1cc(Cl)ccc1Cl)C(=O)C(C)N. The summed E-state index contributed by atoms with van der Waals surface area (Å²) in [5, 5.41) is 1.21. The van der Waals surface area contributed by atoms with Crippen molar-refractivity contribution in [3.63, 3.8) is 0 Å². The van der Waals surface area contributed by atoms with E-state index in [0.29, 0.717) is 23.1 Å². The number of nitrogens with zero attached hydrogens (tertiary/aromatic N) is 1. The molecule has 0 saturated heterocycles.